The summed E-state index contributed by atoms with van der Waals surface area (Å²) in [7, 11) is 0. The van der Waals surface area contributed by atoms with Crippen LogP contribution in [0.15, 0.2) is 47.2 Å². The molecule has 0 radical (unpaired) electrons. The van der Waals surface area contributed by atoms with Gasteiger partial charge in [0.2, 0.25) is 0 Å². The van der Waals surface area contributed by atoms with Gasteiger partial charge in [-0.25, -0.2) is 0 Å². The Bertz CT molecular complexity index is 488. The van der Waals surface area contributed by atoms with Crippen LogP contribution in [0.5, 0.6) is 0 Å². The van der Waals surface area contributed by atoms with Crippen LogP contribution in [0, 0.1) is 17.3 Å². The molecule has 0 saturated carbocycles. The van der Waals surface area contributed by atoms with Gasteiger partial charge < -0.3 is 5.32 Å². The van der Waals surface area contributed by atoms with Gasteiger partial charge in [0.15, 0.2) is 0 Å². The highest BCUT2D eigenvalue weighted by Crippen LogP contribution is 2.48. The van der Waals surface area contributed by atoms with Crippen molar-refractivity contribution in [2.45, 2.75) is 40.2 Å². The molecule has 1 N–H and O–H groups in total. The first-order valence-corrected chi connectivity index (χ1v) is 7.04. The summed E-state index contributed by atoms with van der Waals surface area (Å²) in [6.07, 6.45) is 13.0. The van der Waals surface area contributed by atoms with Crippen LogP contribution in [0.25, 0.3) is 0 Å². The Kier molecular flexibility index (Phi) is 2.55. The number of fused-ring (bicyclic) bond motifs is 2. The molecule has 1 saturated heterocycles. The van der Waals surface area contributed by atoms with Crippen molar-refractivity contribution in [1.82, 2.24) is 5.32 Å². The highest BCUT2D eigenvalue weighted by atomic mass is 15.0. The minimum atomic E-state index is 0.225. The average molecular weight is 241 g/mol. The van der Waals surface area contributed by atoms with E-state index in [9.17, 15) is 0 Å². The molecule has 0 aromatic carbocycles. The van der Waals surface area contributed by atoms with Crippen molar-refractivity contribution >= 4 is 0 Å². The minimum absolute atomic E-state index is 0.225. The smallest absolute Gasteiger partial charge is 0.0518 e. The number of hydrogen-bond donors (Lipinski definition) is 1. The first-order chi connectivity index (χ1) is 8.48. The lowest BCUT2D eigenvalue weighted by molar-refractivity contribution is 0.246. The summed E-state index contributed by atoms with van der Waals surface area (Å²) in [6, 6.07) is 0.459. The van der Waals surface area contributed by atoms with Crippen molar-refractivity contribution in [2.75, 3.05) is 0 Å². The quantitative estimate of drug-likeness (QED) is 0.676. The molecule has 0 aromatic rings. The van der Waals surface area contributed by atoms with E-state index < -0.39 is 0 Å². The fourth-order valence-electron chi connectivity index (χ4n) is 3.53. The Morgan fingerprint density at radius 3 is 2.83 bits per heavy atom. The van der Waals surface area contributed by atoms with E-state index in [0.717, 1.165) is 6.42 Å². The molecular formula is C17H23N. The Labute approximate surface area is 110 Å². The molecule has 0 bridgehead atoms. The zero-order chi connectivity index (χ0) is 12.9. The third-order valence-electron chi connectivity index (χ3n) is 4.68. The van der Waals surface area contributed by atoms with Crippen molar-refractivity contribution in [3.8, 4) is 0 Å². The molecule has 18 heavy (non-hydrogen) atoms. The molecule has 0 aromatic heterocycles. The van der Waals surface area contributed by atoms with E-state index in [1.165, 1.54) is 16.8 Å². The van der Waals surface area contributed by atoms with E-state index in [2.05, 4.69) is 63.4 Å². The number of hydrogen-bond acceptors (Lipinski definition) is 1. The average Bonchev–Trinajstić information content (AvgIpc) is 2.32. The Hall–Kier alpha value is -1.24. The van der Waals surface area contributed by atoms with E-state index in [4.69, 9.17) is 0 Å². The normalized spacial score (nSPS) is 36.7. The van der Waals surface area contributed by atoms with E-state index in [-0.39, 0.29) is 5.41 Å². The van der Waals surface area contributed by atoms with E-state index in [1.54, 1.807) is 0 Å². The molecule has 1 aliphatic heterocycles. The van der Waals surface area contributed by atoms with Crippen molar-refractivity contribution in [2.24, 2.45) is 17.3 Å². The van der Waals surface area contributed by atoms with Gasteiger partial charge in [0.1, 0.15) is 0 Å². The van der Waals surface area contributed by atoms with Gasteiger partial charge in [-0.2, -0.15) is 0 Å². The summed E-state index contributed by atoms with van der Waals surface area (Å²) in [6.45, 7) is 9.30. The molecule has 2 aliphatic carbocycles. The SMILES string of the molecule is CC1=CC2C(C=C1)NC1=CCC(C)C=C1C2(C)C. The molecule has 3 aliphatic rings. The lowest BCUT2D eigenvalue weighted by atomic mass is 9.63. The third kappa shape index (κ3) is 1.68. The highest BCUT2D eigenvalue weighted by molar-refractivity contribution is 5.45. The predicted octanol–water partition coefficient (Wildman–Crippen LogP) is 3.97. The van der Waals surface area contributed by atoms with Gasteiger partial charge in [-0.15, -0.1) is 0 Å². The second kappa shape index (κ2) is 3.88. The summed E-state index contributed by atoms with van der Waals surface area (Å²) in [5, 5.41) is 3.72. The molecule has 0 spiro atoms. The molecule has 1 fully saturated rings. The van der Waals surface area contributed by atoms with Crippen LogP contribution in [-0.4, -0.2) is 6.04 Å². The first-order valence-electron chi connectivity index (χ1n) is 7.04. The van der Waals surface area contributed by atoms with Gasteiger partial charge in [-0.05, 0) is 30.3 Å². The fourth-order valence-corrected chi connectivity index (χ4v) is 3.53. The second-order valence-corrected chi connectivity index (χ2v) is 6.60. The standard InChI is InChI=1S/C17H23N/c1-11-5-7-15-13(9-11)17(3,4)14-10-12(2)6-8-16(14)18-15/h5,7-10,12-13,15,18H,6H2,1-4H3. The van der Waals surface area contributed by atoms with Crippen LogP contribution in [0.1, 0.15) is 34.1 Å². The number of rotatable bonds is 0. The Morgan fingerprint density at radius 1 is 1.28 bits per heavy atom. The van der Waals surface area contributed by atoms with Crippen LogP contribution in [-0.2, 0) is 0 Å². The number of allylic oxidation sites excluding steroid dienone is 5. The van der Waals surface area contributed by atoms with Gasteiger partial charge >= 0.3 is 0 Å². The summed E-state index contributed by atoms with van der Waals surface area (Å²) in [4.78, 5) is 0. The lowest BCUT2D eigenvalue weighted by Gasteiger charge is -2.48. The van der Waals surface area contributed by atoms with Crippen molar-refractivity contribution in [3.63, 3.8) is 0 Å². The summed E-state index contributed by atoms with van der Waals surface area (Å²) >= 11 is 0. The zero-order valence-corrected chi connectivity index (χ0v) is 11.8. The van der Waals surface area contributed by atoms with Gasteiger partial charge in [-0.3, -0.25) is 0 Å². The lowest BCUT2D eigenvalue weighted by Crippen LogP contribution is -2.50. The van der Waals surface area contributed by atoms with Gasteiger partial charge in [0, 0.05) is 11.6 Å². The van der Waals surface area contributed by atoms with Crippen molar-refractivity contribution in [1.29, 1.82) is 0 Å². The van der Waals surface area contributed by atoms with Gasteiger partial charge in [0.25, 0.3) is 0 Å². The van der Waals surface area contributed by atoms with Gasteiger partial charge in [0.05, 0.1) is 6.04 Å². The Balaban J connectivity index is 2.05. The molecule has 3 atom stereocenters. The monoisotopic (exact) mass is 241 g/mol. The molecular weight excluding hydrogens is 218 g/mol. The number of nitrogens with one attached hydrogen (secondary N) is 1. The van der Waals surface area contributed by atoms with Crippen LogP contribution < -0.4 is 5.32 Å². The molecule has 3 unspecified atom stereocenters. The highest BCUT2D eigenvalue weighted by Gasteiger charge is 2.43. The Morgan fingerprint density at radius 2 is 2.06 bits per heavy atom. The summed E-state index contributed by atoms with van der Waals surface area (Å²) in [5.41, 5.74) is 4.50. The molecule has 1 nitrogen and oxygen atoms in total. The maximum absolute atomic E-state index is 3.72. The minimum Gasteiger partial charge on any atom is -0.378 e. The second-order valence-electron chi connectivity index (χ2n) is 6.60. The predicted molar refractivity (Wildman–Crippen MR) is 77.0 cm³/mol. The van der Waals surface area contributed by atoms with Crippen LogP contribution in [0.2, 0.25) is 0 Å². The van der Waals surface area contributed by atoms with Crippen LogP contribution in [0.3, 0.4) is 0 Å². The van der Waals surface area contributed by atoms with Crippen LogP contribution in [0.4, 0.5) is 0 Å². The fraction of sp³-hybridized carbons (Fsp3) is 0.529. The van der Waals surface area contributed by atoms with Crippen molar-refractivity contribution in [3.05, 3.63) is 47.2 Å². The number of piperidine rings is 1. The van der Waals surface area contributed by atoms with Crippen LogP contribution >= 0.6 is 0 Å². The van der Waals surface area contributed by atoms with E-state index >= 15 is 0 Å². The molecule has 3 rings (SSSR count). The molecule has 1 heteroatoms. The van der Waals surface area contributed by atoms with Crippen molar-refractivity contribution < 1.29 is 0 Å². The largest absolute Gasteiger partial charge is 0.378 e. The third-order valence-corrected chi connectivity index (χ3v) is 4.68. The summed E-state index contributed by atoms with van der Waals surface area (Å²) < 4.78 is 0. The van der Waals surface area contributed by atoms with E-state index in [1.807, 2.05) is 0 Å². The zero-order valence-electron chi connectivity index (χ0n) is 11.8. The summed E-state index contributed by atoms with van der Waals surface area (Å²) in [5.74, 6) is 1.24. The van der Waals surface area contributed by atoms with E-state index in [0.29, 0.717) is 17.9 Å². The topological polar surface area (TPSA) is 12.0 Å². The van der Waals surface area contributed by atoms with Gasteiger partial charge in [-0.1, -0.05) is 56.7 Å². The molecule has 1 heterocycles. The first kappa shape index (κ1) is 11.8. The maximum atomic E-state index is 3.72. The maximum Gasteiger partial charge on any atom is 0.0518 e. The molecule has 96 valence electrons. The molecule has 0 amide bonds.